The van der Waals surface area contributed by atoms with Crippen LogP contribution in [0.25, 0.3) is 5.57 Å². The van der Waals surface area contributed by atoms with Gasteiger partial charge in [-0.25, -0.2) is 9.59 Å². The van der Waals surface area contributed by atoms with Gasteiger partial charge in [-0.15, -0.1) is 0 Å². The largest absolute Gasteiger partial charge is 0.503 e. The maximum Gasteiger partial charge on any atom is 0.344 e. The molecule has 27 heavy (non-hydrogen) atoms. The number of para-hydroxylation sites is 1. The minimum absolute atomic E-state index is 0.0391. The van der Waals surface area contributed by atoms with Gasteiger partial charge in [-0.2, -0.15) is 0 Å². The molecule has 0 aliphatic heterocycles. The van der Waals surface area contributed by atoms with Crippen molar-refractivity contribution in [3.05, 3.63) is 60.4 Å². The van der Waals surface area contributed by atoms with E-state index in [1.54, 1.807) is 55.5 Å². The van der Waals surface area contributed by atoms with Gasteiger partial charge in [-0.3, -0.25) is 0 Å². The fourth-order valence-corrected chi connectivity index (χ4v) is 2.22. The van der Waals surface area contributed by atoms with Crippen LogP contribution in [0.4, 0.5) is 0 Å². The number of rotatable bonds is 9. The predicted octanol–water partition coefficient (Wildman–Crippen LogP) is 3.49. The van der Waals surface area contributed by atoms with E-state index in [1.165, 1.54) is 7.11 Å². The second kappa shape index (κ2) is 9.86. The van der Waals surface area contributed by atoms with Crippen molar-refractivity contribution in [1.82, 2.24) is 0 Å². The molecule has 1 N–H and O–H groups in total. The van der Waals surface area contributed by atoms with Crippen LogP contribution in [0.1, 0.15) is 12.5 Å². The van der Waals surface area contributed by atoms with Crippen molar-refractivity contribution in [2.75, 3.05) is 20.3 Å². The summed E-state index contributed by atoms with van der Waals surface area (Å²) in [5.74, 6) is -0.426. The highest BCUT2D eigenvalue weighted by Gasteiger charge is 2.16. The van der Waals surface area contributed by atoms with E-state index in [0.717, 1.165) is 6.26 Å². The molecule has 2 aromatic rings. The second-order valence-electron chi connectivity index (χ2n) is 5.24. The first kappa shape index (κ1) is 19.8. The number of carboxylic acid groups (broad SMARTS) is 1. The van der Waals surface area contributed by atoms with E-state index in [0.29, 0.717) is 22.8 Å². The lowest BCUT2D eigenvalue weighted by Gasteiger charge is -2.12. The van der Waals surface area contributed by atoms with Crippen molar-refractivity contribution in [2.45, 2.75) is 6.92 Å². The van der Waals surface area contributed by atoms with Gasteiger partial charge in [0, 0.05) is 11.6 Å². The van der Waals surface area contributed by atoms with Crippen LogP contribution in [-0.2, 0) is 19.1 Å². The minimum Gasteiger partial charge on any atom is -0.503 e. The summed E-state index contributed by atoms with van der Waals surface area (Å²) in [6.07, 6.45) is 1.14. The van der Waals surface area contributed by atoms with Crippen LogP contribution < -0.4 is 9.47 Å². The standard InChI is InChI=1S/C20H20O7/c1-3-25-19(21)13-26-14-7-6-8-15(11-14)27-18-10-5-4-9-16(18)17(12-24-2)20(22)23/h4-12H,3,13H2,1-2H3,(H,22,23)/b17-12+. The molecular formula is C20H20O7. The zero-order valence-electron chi connectivity index (χ0n) is 15.0. The molecule has 0 fully saturated rings. The molecular weight excluding hydrogens is 352 g/mol. The Morgan fingerprint density at radius 3 is 2.52 bits per heavy atom. The lowest BCUT2D eigenvalue weighted by molar-refractivity contribution is -0.145. The smallest absolute Gasteiger partial charge is 0.344 e. The van der Waals surface area contributed by atoms with Crippen molar-refractivity contribution in [2.24, 2.45) is 0 Å². The summed E-state index contributed by atoms with van der Waals surface area (Å²) in [4.78, 5) is 22.9. The Labute approximate surface area is 156 Å². The van der Waals surface area contributed by atoms with Gasteiger partial charge in [0.15, 0.2) is 6.61 Å². The zero-order valence-corrected chi connectivity index (χ0v) is 15.0. The van der Waals surface area contributed by atoms with Gasteiger partial charge >= 0.3 is 11.9 Å². The third-order valence-corrected chi connectivity index (χ3v) is 3.34. The van der Waals surface area contributed by atoms with Crippen LogP contribution >= 0.6 is 0 Å². The topological polar surface area (TPSA) is 91.3 Å². The molecule has 2 rings (SSSR count). The molecule has 2 aromatic carbocycles. The first-order valence-corrected chi connectivity index (χ1v) is 8.17. The van der Waals surface area contributed by atoms with Crippen LogP contribution in [0.3, 0.4) is 0 Å². The predicted molar refractivity (Wildman–Crippen MR) is 97.7 cm³/mol. The normalized spacial score (nSPS) is 10.8. The number of hydrogen-bond donors (Lipinski definition) is 1. The summed E-state index contributed by atoms with van der Waals surface area (Å²) in [6.45, 7) is 1.78. The number of benzene rings is 2. The van der Waals surface area contributed by atoms with Crippen molar-refractivity contribution >= 4 is 17.5 Å². The Morgan fingerprint density at radius 2 is 1.81 bits per heavy atom. The molecule has 0 unspecified atom stereocenters. The van der Waals surface area contributed by atoms with E-state index >= 15 is 0 Å². The average Bonchev–Trinajstić information content (AvgIpc) is 2.65. The van der Waals surface area contributed by atoms with Crippen molar-refractivity contribution in [3.8, 4) is 17.2 Å². The Morgan fingerprint density at radius 1 is 1.07 bits per heavy atom. The van der Waals surface area contributed by atoms with Crippen LogP contribution in [0, 0.1) is 0 Å². The van der Waals surface area contributed by atoms with E-state index < -0.39 is 11.9 Å². The van der Waals surface area contributed by atoms with E-state index in [2.05, 4.69) is 0 Å². The maximum absolute atomic E-state index is 11.5. The first-order valence-electron chi connectivity index (χ1n) is 8.17. The SMILES string of the molecule is CCOC(=O)COc1cccc(Oc2ccccc2/C(=C\OC)C(=O)O)c1. The zero-order chi connectivity index (χ0) is 19.6. The van der Waals surface area contributed by atoms with E-state index in [9.17, 15) is 14.7 Å². The molecule has 7 heteroatoms. The number of aliphatic carboxylic acids is 1. The molecule has 0 aliphatic rings. The first-order chi connectivity index (χ1) is 13.0. The maximum atomic E-state index is 11.5. The molecule has 0 radical (unpaired) electrons. The molecule has 0 atom stereocenters. The van der Waals surface area contributed by atoms with Crippen LogP contribution in [-0.4, -0.2) is 37.4 Å². The molecule has 0 aliphatic carbocycles. The molecule has 0 bridgehead atoms. The number of carbonyl (C=O) groups excluding carboxylic acids is 1. The summed E-state index contributed by atoms with van der Waals surface area (Å²) in [5, 5.41) is 9.39. The third kappa shape index (κ3) is 5.78. The number of esters is 1. The molecule has 0 aromatic heterocycles. The summed E-state index contributed by atoms with van der Waals surface area (Å²) >= 11 is 0. The van der Waals surface area contributed by atoms with Crippen molar-refractivity contribution < 1.29 is 33.6 Å². The summed E-state index contributed by atoms with van der Waals surface area (Å²) < 4.78 is 20.9. The third-order valence-electron chi connectivity index (χ3n) is 3.34. The Balaban J connectivity index is 2.21. The quantitative estimate of drug-likeness (QED) is 0.409. The fraction of sp³-hybridized carbons (Fsp3) is 0.200. The Bertz CT molecular complexity index is 827. The lowest BCUT2D eigenvalue weighted by Crippen LogP contribution is -2.14. The molecule has 142 valence electrons. The Hall–Kier alpha value is -3.48. The average molecular weight is 372 g/mol. The van der Waals surface area contributed by atoms with E-state index in [1.807, 2.05) is 0 Å². The molecule has 0 amide bonds. The molecule has 0 saturated carbocycles. The minimum atomic E-state index is -1.14. The molecule has 0 spiro atoms. The highest BCUT2D eigenvalue weighted by atomic mass is 16.6. The number of carbonyl (C=O) groups is 2. The van der Waals surface area contributed by atoms with Gasteiger partial charge in [-0.1, -0.05) is 24.3 Å². The van der Waals surface area contributed by atoms with Gasteiger partial charge in [0.05, 0.1) is 20.0 Å². The fourth-order valence-electron chi connectivity index (χ4n) is 2.22. The number of methoxy groups -OCH3 is 1. The summed E-state index contributed by atoms with van der Waals surface area (Å²) in [5.41, 5.74) is 0.326. The number of carboxylic acids is 1. The van der Waals surface area contributed by atoms with Gasteiger partial charge in [0.2, 0.25) is 0 Å². The number of ether oxygens (including phenoxy) is 4. The van der Waals surface area contributed by atoms with E-state index in [-0.39, 0.29) is 18.8 Å². The van der Waals surface area contributed by atoms with Crippen LogP contribution in [0.5, 0.6) is 17.2 Å². The molecule has 0 heterocycles. The summed E-state index contributed by atoms with van der Waals surface area (Å²) in [6, 6.07) is 13.3. The van der Waals surface area contributed by atoms with Crippen LogP contribution in [0.15, 0.2) is 54.8 Å². The molecule has 7 nitrogen and oxygen atoms in total. The number of hydrogen-bond acceptors (Lipinski definition) is 6. The second-order valence-corrected chi connectivity index (χ2v) is 5.24. The monoisotopic (exact) mass is 372 g/mol. The highest BCUT2D eigenvalue weighted by Crippen LogP contribution is 2.31. The van der Waals surface area contributed by atoms with Crippen molar-refractivity contribution in [3.63, 3.8) is 0 Å². The Kier molecular flexibility index (Phi) is 7.25. The van der Waals surface area contributed by atoms with Gasteiger partial charge in [0.1, 0.15) is 22.8 Å². The van der Waals surface area contributed by atoms with Gasteiger partial charge in [0.25, 0.3) is 0 Å². The van der Waals surface area contributed by atoms with Crippen LogP contribution in [0.2, 0.25) is 0 Å². The summed E-state index contributed by atoms with van der Waals surface area (Å²) in [7, 11) is 1.37. The highest BCUT2D eigenvalue weighted by molar-refractivity contribution is 6.15. The van der Waals surface area contributed by atoms with Crippen molar-refractivity contribution in [1.29, 1.82) is 0 Å². The van der Waals surface area contributed by atoms with Gasteiger partial charge < -0.3 is 24.1 Å². The van der Waals surface area contributed by atoms with Gasteiger partial charge in [-0.05, 0) is 25.1 Å². The molecule has 0 saturated heterocycles. The lowest BCUT2D eigenvalue weighted by atomic mass is 10.1. The van der Waals surface area contributed by atoms with E-state index in [4.69, 9.17) is 18.9 Å².